The molecular formula is C13H19NO3. The fraction of sp³-hybridized carbons (Fsp3) is 0.462. The van der Waals surface area contributed by atoms with E-state index in [0.29, 0.717) is 0 Å². The third-order valence-electron chi connectivity index (χ3n) is 2.92. The van der Waals surface area contributed by atoms with E-state index in [0.717, 1.165) is 11.3 Å². The summed E-state index contributed by atoms with van der Waals surface area (Å²) < 4.78 is 5.06. The molecule has 0 aromatic heterocycles. The van der Waals surface area contributed by atoms with E-state index in [-0.39, 0.29) is 12.5 Å². The maximum atomic E-state index is 10.8. The molecule has 4 heteroatoms. The van der Waals surface area contributed by atoms with Crippen LogP contribution in [0.4, 0.5) is 0 Å². The molecule has 0 bridgehead atoms. The van der Waals surface area contributed by atoms with Gasteiger partial charge >= 0.3 is 5.97 Å². The summed E-state index contributed by atoms with van der Waals surface area (Å²) in [5, 5.41) is 8.85. The number of carboxylic acid groups (broad SMARTS) is 1. The Labute approximate surface area is 101 Å². The van der Waals surface area contributed by atoms with E-state index in [1.54, 1.807) is 7.11 Å². The van der Waals surface area contributed by atoms with Crippen LogP contribution in [0, 0.1) is 5.41 Å². The maximum Gasteiger partial charge on any atom is 0.303 e. The van der Waals surface area contributed by atoms with Crippen LogP contribution in [0.25, 0.3) is 0 Å². The molecule has 1 rings (SSSR count). The van der Waals surface area contributed by atoms with Gasteiger partial charge in [-0.2, -0.15) is 0 Å². The molecule has 0 spiro atoms. The Morgan fingerprint density at radius 2 is 1.94 bits per heavy atom. The normalized spacial score (nSPS) is 13.2. The van der Waals surface area contributed by atoms with Gasteiger partial charge in [0, 0.05) is 6.04 Å². The van der Waals surface area contributed by atoms with Crippen LogP contribution < -0.4 is 10.5 Å². The van der Waals surface area contributed by atoms with Gasteiger partial charge in [0.05, 0.1) is 13.5 Å². The van der Waals surface area contributed by atoms with Gasteiger partial charge in [0.1, 0.15) is 5.75 Å². The molecule has 0 radical (unpaired) electrons. The van der Waals surface area contributed by atoms with Crippen molar-refractivity contribution in [1.82, 2.24) is 0 Å². The second kappa shape index (κ2) is 5.19. The van der Waals surface area contributed by atoms with Gasteiger partial charge in [-0.05, 0) is 23.1 Å². The van der Waals surface area contributed by atoms with Crippen molar-refractivity contribution in [2.75, 3.05) is 7.11 Å². The van der Waals surface area contributed by atoms with Crippen LogP contribution in [-0.4, -0.2) is 18.2 Å². The summed E-state index contributed by atoms with van der Waals surface area (Å²) in [5.41, 5.74) is 6.54. The third-order valence-corrected chi connectivity index (χ3v) is 2.92. The summed E-state index contributed by atoms with van der Waals surface area (Å²) in [5.74, 6) is -0.0732. The molecule has 0 fully saturated rings. The molecule has 0 aliphatic carbocycles. The summed E-state index contributed by atoms with van der Waals surface area (Å²) in [7, 11) is 1.60. The van der Waals surface area contributed by atoms with E-state index >= 15 is 0 Å². The number of methoxy groups -OCH3 is 1. The second-order valence-electron chi connectivity index (χ2n) is 4.81. The summed E-state index contributed by atoms with van der Waals surface area (Å²) in [4.78, 5) is 10.8. The average molecular weight is 237 g/mol. The van der Waals surface area contributed by atoms with Gasteiger partial charge in [0.2, 0.25) is 0 Å². The van der Waals surface area contributed by atoms with Gasteiger partial charge in [-0.15, -0.1) is 0 Å². The lowest BCUT2D eigenvalue weighted by Crippen LogP contribution is -2.31. The Hall–Kier alpha value is -1.55. The highest BCUT2D eigenvalue weighted by Crippen LogP contribution is 2.34. The zero-order valence-electron chi connectivity index (χ0n) is 10.4. The van der Waals surface area contributed by atoms with Crippen LogP contribution in [0.1, 0.15) is 31.9 Å². The quantitative estimate of drug-likeness (QED) is 0.823. The minimum absolute atomic E-state index is 0.0419. The van der Waals surface area contributed by atoms with Gasteiger partial charge in [0.25, 0.3) is 0 Å². The minimum atomic E-state index is -0.834. The zero-order chi connectivity index (χ0) is 13.1. The highest BCUT2D eigenvalue weighted by molar-refractivity contribution is 5.67. The van der Waals surface area contributed by atoms with Crippen LogP contribution in [0.2, 0.25) is 0 Å². The van der Waals surface area contributed by atoms with E-state index in [1.165, 1.54) is 0 Å². The first-order chi connectivity index (χ1) is 7.86. The Morgan fingerprint density at radius 3 is 2.35 bits per heavy atom. The number of hydrogen-bond donors (Lipinski definition) is 2. The first-order valence-electron chi connectivity index (χ1n) is 5.48. The van der Waals surface area contributed by atoms with Crippen molar-refractivity contribution in [1.29, 1.82) is 0 Å². The molecular weight excluding hydrogens is 218 g/mol. The lowest BCUT2D eigenvalue weighted by Gasteiger charge is -2.30. The summed E-state index contributed by atoms with van der Waals surface area (Å²) >= 11 is 0. The minimum Gasteiger partial charge on any atom is -0.497 e. The lowest BCUT2D eigenvalue weighted by atomic mass is 9.78. The Morgan fingerprint density at radius 1 is 1.41 bits per heavy atom. The maximum absolute atomic E-state index is 10.8. The molecule has 0 aliphatic rings. The molecule has 1 unspecified atom stereocenters. The number of aliphatic carboxylic acids is 1. The molecule has 0 amide bonds. The molecule has 0 saturated carbocycles. The molecule has 0 aliphatic heterocycles. The van der Waals surface area contributed by atoms with Crippen molar-refractivity contribution in [2.24, 2.45) is 11.1 Å². The number of carboxylic acids is 1. The number of ether oxygens (including phenoxy) is 1. The summed E-state index contributed by atoms with van der Waals surface area (Å²) in [6.07, 6.45) is 0.0419. The topological polar surface area (TPSA) is 72.5 Å². The SMILES string of the molecule is COc1ccc(C(N)C(C)(C)CC(=O)O)cc1. The lowest BCUT2D eigenvalue weighted by molar-refractivity contribution is -0.139. The first-order valence-corrected chi connectivity index (χ1v) is 5.48. The van der Waals surface area contributed by atoms with Crippen molar-refractivity contribution in [3.8, 4) is 5.75 Å². The van der Waals surface area contributed by atoms with Crippen LogP contribution in [0.15, 0.2) is 24.3 Å². The van der Waals surface area contributed by atoms with E-state index in [4.69, 9.17) is 15.6 Å². The van der Waals surface area contributed by atoms with Crippen LogP contribution in [-0.2, 0) is 4.79 Å². The number of rotatable bonds is 5. The van der Waals surface area contributed by atoms with Gasteiger partial charge in [0.15, 0.2) is 0 Å². The Bertz CT molecular complexity index is 384. The molecule has 94 valence electrons. The Kier molecular flexibility index (Phi) is 4.12. The highest BCUT2D eigenvalue weighted by atomic mass is 16.5. The van der Waals surface area contributed by atoms with Crippen molar-refractivity contribution in [3.05, 3.63) is 29.8 Å². The van der Waals surface area contributed by atoms with E-state index in [1.807, 2.05) is 38.1 Å². The molecule has 4 nitrogen and oxygen atoms in total. The highest BCUT2D eigenvalue weighted by Gasteiger charge is 2.30. The van der Waals surface area contributed by atoms with Crippen LogP contribution in [0.3, 0.4) is 0 Å². The number of nitrogens with two attached hydrogens (primary N) is 1. The third kappa shape index (κ3) is 3.46. The average Bonchev–Trinajstić information content (AvgIpc) is 2.26. The summed E-state index contributed by atoms with van der Waals surface area (Å²) in [6, 6.07) is 7.07. The number of hydrogen-bond acceptors (Lipinski definition) is 3. The van der Waals surface area contributed by atoms with Gasteiger partial charge < -0.3 is 15.6 Å². The fourth-order valence-electron chi connectivity index (χ4n) is 1.76. The van der Waals surface area contributed by atoms with Gasteiger partial charge in [-0.25, -0.2) is 0 Å². The van der Waals surface area contributed by atoms with E-state index in [9.17, 15) is 4.79 Å². The zero-order valence-corrected chi connectivity index (χ0v) is 10.4. The van der Waals surface area contributed by atoms with Crippen LogP contribution >= 0.6 is 0 Å². The predicted molar refractivity (Wildman–Crippen MR) is 66.0 cm³/mol. The van der Waals surface area contributed by atoms with Crippen molar-refractivity contribution in [2.45, 2.75) is 26.3 Å². The predicted octanol–water partition coefficient (Wildman–Crippen LogP) is 2.20. The Balaban J connectivity index is 2.87. The first kappa shape index (κ1) is 13.5. The largest absolute Gasteiger partial charge is 0.497 e. The monoisotopic (exact) mass is 237 g/mol. The summed E-state index contributed by atoms with van der Waals surface area (Å²) in [6.45, 7) is 3.71. The smallest absolute Gasteiger partial charge is 0.303 e. The van der Waals surface area contributed by atoms with Crippen molar-refractivity contribution < 1.29 is 14.6 Å². The number of carbonyl (C=O) groups is 1. The molecule has 1 atom stereocenters. The van der Waals surface area contributed by atoms with Crippen LogP contribution in [0.5, 0.6) is 5.75 Å². The number of benzene rings is 1. The molecule has 0 saturated heterocycles. The van der Waals surface area contributed by atoms with E-state index < -0.39 is 11.4 Å². The standard InChI is InChI=1S/C13H19NO3/c1-13(2,8-11(15)16)12(14)9-4-6-10(17-3)7-5-9/h4-7,12H,8,14H2,1-3H3,(H,15,16). The fourth-order valence-corrected chi connectivity index (χ4v) is 1.76. The second-order valence-corrected chi connectivity index (χ2v) is 4.81. The molecule has 17 heavy (non-hydrogen) atoms. The van der Waals surface area contributed by atoms with Crippen molar-refractivity contribution >= 4 is 5.97 Å². The molecule has 1 aromatic carbocycles. The van der Waals surface area contributed by atoms with Crippen molar-refractivity contribution in [3.63, 3.8) is 0 Å². The van der Waals surface area contributed by atoms with Gasteiger partial charge in [-0.3, -0.25) is 4.79 Å². The molecule has 0 heterocycles. The molecule has 1 aromatic rings. The van der Waals surface area contributed by atoms with Gasteiger partial charge in [-0.1, -0.05) is 26.0 Å². The molecule has 3 N–H and O–H groups in total. The van der Waals surface area contributed by atoms with E-state index in [2.05, 4.69) is 0 Å².